The van der Waals surface area contributed by atoms with Crippen LogP contribution < -0.4 is 20.1 Å². The first-order valence-electron chi connectivity index (χ1n) is 12.7. The van der Waals surface area contributed by atoms with Gasteiger partial charge in [0.15, 0.2) is 17.3 Å². The van der Waals surface area contributed by atoms with E-state index in [0.717, 1.165) is 45.1 Å². The number of hydrogen-bond donors (Lipinski definition) is 2. The smallest absolute Gasteiger partial charge is 0.237 e. The Morgan fingerprint density at radius 1 is 1.14 bits per heavy atom. The molecule has 2 aliphatic rings. The fourth-order valence-corrected chi connectivity index (χ4v) is 5.67. The van der Waals surface area contributed by atoms with Crippen molar-refractivity contribution < 1.29 is 18.7 Å². The first kappa shape index (κ1) is 25.5. The Balaban J connectivity index is 1.33. The van der Waals surface area contributed by atoms with Gasteiger partial charge in [0, 0.05) is 24.5 Å². The quantitative estimate of drug-likeness (QED) is 0.443. The Bertz CT molecular complexity index is 1280. The van der Waals surface area contributed by atoms with Crippen LogP contribution in [-0.2, 0) is 4.79 Å². The average Bonchev–Trinajstić information content (AvgIpc) is 3.41. The molecule has 0 unspecified atom stereocenters. The Morgan fingerprint density at radius 3 is 2.70 bits per heavy atom. The van der Waals surface area contributed by atoms with Crippen LogP contribution in [0.1, 0.15) is 38.5 Å². The van der Waals surface area contributed by atoms with E-state index in [0.29, 0.717) is 34.3 Å². The van der Waals surface area contributed by atoms with E-state index in [1.54, 1.807) is 32.4 Å². The SMILES string of the molecule is CNC(=O)[C@@H]1CCCN1C1CCC(Oc2cc3c(Nc4cccc(Cl)c4F)ncnc3cc2OC)CC1. The van der Waals surface area contributed by atoms with E-state index in [4.69, 9.17) is 21.1 Å². The largest absolute Gasteiger partial charge is 0.493 e. The lowest BCUT2D eigenvalue weighted by molar-refractivity contribution is -0.126. The molecule has 196 valence electrons. The van der Waals surface area contributed by atoms with Gasteiger partial charge in [0.25, 0.3) is 0 Å². The van der Waals surface area contributed by atoms with Gasteiger partial charge in [-0.1, -0.05) is 17.7 Å². The summed E-state index contributed by atoms with van der Waals surface area (Å²) in [6.07, 6.45) is 7.12. The zero-order valence-electron chi connectivity index (χ0n) is 21.0. The molecule has 5 rings (SSSR count). The molecule has 1 aliphatic heterocycles. The minimum Gasteiger partial charge on any atom is -0.493 e. The molecule has 1 saturated heterocycles. The molecule has 0 bridgehead atoms. The monoisotopic (exact) mass is 527 g/mol. The number of fused-ring (bicyclic) bond motifs is 1. The van der Waals surface area contributed by atoms with Crippen LogP contribution in [0.3, 0.4) is 0 Å². The summed E-state index contributed by atoms with van der Waals surface area (Å²) in [4.78, 5) is 23.4. The van der Waals surface area contributed by atoms with Gasteiger partial charge in [-0.3, -0.25) is 9.69 Å². The van der Waals surface area contributed by atoms with E-state index in [2.05, 4.69) is 25.5 Å². The second-order valence-corrected chi connectivity index (χ2v) is 9.93. The maximum Gasteiger partial charge on any atom is 0.237 e. The molecule has 3 aromatic rings. The minimum absolute atomic E-state index is 0.0232. The molecule has 1 aliphatic carbocycles. The summed E-state index contributed by atoms with van der Waals surface area (Å²) in [5, 5.41) is 6.55. The zero-order chi connectivity index (χ0) is 25.9. The third-order valence-electron chi connectivity index (χ3n) is 7.38. The third-order valence-corrected chi connectivity index (χ3v) is 7.67. The molecule has 1 atom stereocenters. The van der Waals surface area contributed by atoms with Crippen molar-refractivity contribution in [2.75, 3.05) is 26.0 Å². The van der Waals surface area contributed by atoms with Crippen molar-refractivity contribution in [2.24, 2.45) is 0 Å². The van der Waals surface area contributed by atoms with Crippen LogP contribution in [0.4, 0.5) is 15.9 Å². The number of anilines is 2. The molecule has 1 aromatic heterocycles. The van der Waals surface area contributed by atoms with Crippen molar-refractivity contribution in [1.82, 2.24) is 20.2 Å². The fraction of sp³-hybridized carbons (Fsp3) is 0.444. The Kier molecular flexibility index (Phi) is 7.62. The summed E-state index contributed by atoms with van der Waals surface area (Å²) in [6.45, 7) is 0.968. The number of hydrogen-bond acceptors (Lipinski definition) is 7. The normalized spacial score (nSPS) is 22.1. The van der Waals surface area contributed by atoms with Gasteiger partial charge in [0.05, 0.1) is 35.5 Å². The number of halogens is 2. The number of likely N-dealkylation sites (tertiary alicyclic amines) is 1. The van der Waals surface area contributed by atoms with Crippen molar-refractivity contribution in [3.8, 4) is 11.5 Å². The number of carbonyl (C=O) groups excluding carboxylic acids is 1. The number of likely N-dealkylation sites (N-methyl/N-ethyl adjacent to an activating group) is 1. The molecule has 2 aromatic carbocycles. The standard InChI is InChI=1S/C27H31ClFN5O3/c1-30-27(35)22-7-4-12-34(22)16-8-10-17(11-9-16)37-24-13-18-21(14-23(24)36-2)31-15-32-26(18)33-20-6-3-5-19(28)25(20)29/h3,5-6,13-17,22H,4,7-12H2,1-2H3,(H,30,35)(H,31,32,33)/t16?,17?,22-/m0/s1. The van der Waals surface area contributed by atoms with Crippen molar-refractivity contribution in [3.05, 3.63) is 47.5 Å². The Labute approximate surface area is 220 Å². The summed E-state index contributed by atoms with van der Waals surface area (Å²) >= 11 is 5.95. The summed E-state index contributed by atoms with van der Waals surface area (Å²) in [5.41, 5.74) is 0.864. The van der Waals surface area contributed by atoms with Crippen molar-refractivity contribution >= 4 is 39.9 Å². The van der Waals surface area contributed by atoms with Gasteiger partial charge < -0.3 is 20.1 Å². The van der Waals surface area contributed by atoms with Crippen LogP contribution in [0.25, 0.3) is 10.9 Å². The number of aromatic nitrogens is 2. The lowest BCUT2D eigenvalue weighted by atomic mass is 9.91. The molecule has 0 spiro atoms. The van der Waals surface area contributed by atoms with Crippen LogP contribution in [-0.4, -0.2) is 59.7 Å². The van der Waals surface area contributed by atoms with E-state index in [-0.39, 0.29) is 28.8 Å². The summed E-state index contributed by atoms with van der Waals surface area (Å²) in [5.74, 6) is 1.17. The Morgan fingerprint density at radius 2 is 1.95 bits per heavy atom. The molecule has 0 radical (unpaired) electrons. The van der Waals surface area contributed by atoms with Gasteiger partial charge in [-0.25, -0.2) is 14.4 Å². The van der Waals surface area contributed by atoms with E-state index in [1.807, 2.05) is 6.07 Å². The van der Waals surface area contributed by atoms with Crippen LogP contribution in [0.5, 0.6) is 11.5 Å². The van der Waals surface area contributed by atoms with E-state index >= 15 is 0 Å². The van der Waals surface area contributed by atoms with Gasteiger partial charge in [-0.2, -0.15) is 0 Å². The molecule has 2 fully saturated rings. The molecule has 8 nitrogen and oxygen atoms in total. The number of nitrogens with one attached hydrogen (secondary N) is 2. The maximum atomic E-state index is 14.5. The molecule has 1 amide bonds. The Hall–Kier alpha value is -3.17. The number of methoxy groups -OCH3 is 1. The van der Waals surface area contributed by atoms with Gasteiger partial charge >= 0.3 is 0 Å². The van der Waals surface area contributed by atoms with Gasteiger partial charge in [0.1, 0.15) is 12.1 Å². The van der Waals surface area contributed by atoms with Crippen LogP contribution in [0, 0.1) is 5.82 Å². The predicted octanol–water partition coefficient (Wildman–Crippen LogP) is 5.07. The van der Waals surface area contributed by atoms with Crippen molar-refractivity contribution in [2.45, 2.75) is 56.7 Å². The number of nitrogens with zero attached hydrogens (tertiary/aromatic N) is 3. The lowest BCUT2D eigenvalue weighted by Crippen LogP contribution is -2.48. The summed E-state index contributed by atoms with van der Waals surface area (Å²) in [7, 11) is 3.30. The highest BCUT2D eigenvalue weighted by atomic mass is 35.5. The molecule has 1 saturated carbocycles. The third kappa shape index (κ3) is 5.29. The van der Waals surface area contributed by atoms with Crippen LogP contribution in [0.15, 0.2) is 36.7 Å². The first-order chi connectivity index (χ1) is 18.0. The first-order valence-corrected chi connectivity index (χ1v) is 13.0. The van der Waals surface area contributed by atoms with E-state index < -0.39 is 5.82 Å². The van der Waals surface area contributed by atoms with Gasteiger partial charge in [-0.05, 0) is 63.3 Å². The molecule has 10 heteroatoms. The predicted molar refractivity (Wildman–Crippen MR) is 141 cm³/mol. The van der Waals surface area contributed by atoms with Crippen molar-refractivity contribution in [3.63, 3.8) is 0 Å². The molecule has 2 heterocycles. The molecule has 37 heavy (non-hydrogen) atoms. The highest BCUT2D eigenvalue weighted by Crippen LogP contribution is 2.38. The molecular weight excluding hydrogens is 497 g/mol. The number of carbonyl (C=O) groups is 1. The second kappa shape index (κ2) is 11.1. The van der Waals surface area contributed by atoms with Crippen molar-refractivity contribution in [1.29, 1.82) is 0 Å². The minimum atomic E-state index is -0.547. The van der Waals surface area contributed by atoms with Crippen LogP contribution in [0.2, 0.25) is 5.02 Å². The van der Waals surface area contributed by atoms with Gasteiger partial charge in [-0.15, -0.1) is 0 Å². The number of ether oxygens (including phenoxy) is 2. The van der Waals surface area contributed by atoms with Gasteiger partial charge in [0.2, 0.25) is 5.91 Å². The average molecular weight is 528 g/mol. The molecule has 2 N–H and O–H groups in total. The van der Waals surface area contributed by atoms with E-state index in [1.165, 1.54) is 12.4 Å². The second-order valence-electron chi connectivity index (χ2n) is 9.53. The summed E-state index contributed by atoms with van der Waals surface area (Å²) < 4.78 is 26.6. The summed E-state index contributed by atoms with van der Waals surface area (Å²) in [6, 6.07) is 8.77. The number of benzene rings is 2. The lowest BCUT2D eigenvalue weighted by Gasteiger charge is -2.37. The fourth-order valence-electron chi connectivity index (χ4n) is 5.49. The van der Waals surface area contributed by atoms with Crippen LogP contribution >= 0.6 is 11.6 Å². The zero-order valence-corrected chi connectivity index (χ0v) is 21.7. The highest BCUT2D eigenvalue weighted by molar-refractivity contribution is 6.31. The number of amides is 1. The molecular formula is C27H31ClFN5O3. The van der Waals surface area contributed by atoms with E-state index in [9.17, 15) is 9.18 Å². The number of rotatable bonds is 7. The maximum absolute atomic E-state index is 14.5. The highest BCUT2D eigenvalue weighted by Gasteiger charge is 2.37. The topological polar surface area (TPSA) is 88.6 Å².